The van der Waals surface area contributed by atoms with Gasteiger partial charge in [-0.1, -0.05) is 40.5 Å². The molecule has 0 aliphatic heterocycles. The van der Waals surface area contributed by atoms with Crippen LogP contribution >= 0.6 is 0 Å². The first-order valence-corrected chi connectivity index (χ1v) is 6.98. The quantitative estimate of drug-likeness (QED) is 0.752. The van der Waals surface area contributed by atoms with Gasteiger partial charge in [0.25, 0.3) is 0 Å². The fourth-order valence-electron chi connectivity index (χ4n) is 2.52. The van der Waals surface area contributed by atoms with E-state index < -0.39 is 0 Å². The highest BCUT2D eigenvalue weighted by Gasteiger charge is 2.21. The third-order valence-corrected chi connectivity index (χ3v) is 3.67. The summed E-state index contributed by atoms with van der Waals surface area (Å²) >= 11 is 0. The van der Waals surface area contributed by atoms with Crippen LogP contribution in [0.25, 0.3) is 0 Å². The van der Waals surface area contributed by atoms with Gasteiger partial charge < -0.3 is 10.1 Å². The Kier molecular flexibility index (Phi) is 6.37. The van der Waals surface area contributed by atoms with E-state index in [0.717, 1.165) is 19.1 Å². The number of hydrogen-bond acceptors (Lipinski definition) is 2. The Bertz CT molecular complexity index is 182. The van der Waals surface area contributed by atoms with Crippen molar-refractivity contribution in [2.24, 2.45) is 11.8 Å². The van der Waals surface area contributed by atoms with Crippen molar-refractivity contribution in [3.05, 3.63) is 0 Å². The Morgan fingerprint density at radius 2 is 2.06 bits per heavy atom. The Morgan fingerprint density at radius 3 is 2.62 bits per heavy atom. The van der Waals surface area contributed by atoms with Crippen molar-refractivity contribution in [2.75, 3.05) is 13.2 Å². The lowest BCUT2D eigenvalue weighted by atomic mass is 9.88. The van der Waals surface area contributed by atoms with Gasteiger partial charge in [0.05, 0.1) is 12.7 Å². The molecule has 16 heavy (non-hydrogen) atoms. The van der Waals surface area contributed by atoms with E-state index >= 15 is 0 Å². The van der Waals surface area contributed by atoms with Gasteiger partial charge >= 0.3 is 0 Å². The summed E-state index contributed by atoms with van der Waals surface area (Å²) in [5.41, 5.74) is 0. The van der Waals surface area contributed by atoms with E-state index in [9.17, 15) is 0 Å². The summed E-state index contributed by atoms with van der Waals surface area (Å²) in [7, 11) is 0. The summed E-state index contributed by atoms with van der Waals surface area (Å²) in [6, 6.07) is 0.516. The number of likely N-dealkylation sites (N-methyl/N-ethyl adjacent to an activating group) is 1. The average molecular weight is 227 g/mol. The van der Waals surface area contributed by atoms with Crippen LogP contribution in [-0.2, 0) is 4.74 Å². The van der Waals surface area contributed by atoms with Crippen LogP contribution in [-0.4, -0.2) is 25.3 Å². The summed E-state index contributed by atoms with van der Waals surface area (Å²) < 4.78 is 6.07. The summed E-state index contributed by atoms with van der Waals surface area (Å²) in [4.78, 5) is 0. The number of nitrogens with one attached hydrogen (secondary N) is 1. The lowest BCUT2D eigenvalue weighted by Crippen LogP contribution is -2.39. The molecule has 0 aromatic rings. The molecule has 0 radical (unpaired) electrons. The van der Waals surface area contributed by atoms with Crippen molar-refractivity contribution in [1.82, 2.24) is 5.32 Å². The lowest BCUT2D eigenvalue weighted by Gasteiger charge is -2.29. The van der Waals surface area contributed by atoms with E-state index in [1.54, 1.807) is 0 Å². The minimum absolute atomic E-state index is 0.516. The van der Waals surface area contributed by atoms with Crippen molar-refractivity contribution in [2.45, 2.75) is 65.5 Å². The third kappa shape index (κ3) is 4.84. The molecule has 1 aliphatic carbocycles. The first-order chi connectivity index (χ1) is 7.63. The number of hydrogen-bond donors (Lipinski definition) is 1. The normalized spacial score (nSPS) is 28.3. The standard InChI is InChI=1S/C14H29NO/c1-5-15-14(11(2)3)10-16-13-8-6-7-12(4)9-13/h11-15H,5-10H2,1-4H3. The second-order valence-electron chi connectivity index (χ2n) is 5.64. The van der Waals surface area contributed by atoms with Crippen molar-refractivity contribution in [3.8, 4) is 0 Å². The molecular weight excluding hydrogens is 198 g/mol. The Morgan fingerprint density at radius 1 is 1.31 bits per heavy atom. The molecule has 2 heteroatoms. The van der Waals surface area contributed by atoms with E-state index in [1.807, 2.05) is 0 Å². The van der Waals surface area contributed by atoms with Gasteiger partial charge in [-0.05, 0) is 31.2 Å². The molecule has 0 aromatic carbocycles. The van der Waals surface area contributed by atoms with E-state index in [4.69, 9.17) is 4.74 Å². The predicted octanol–water partition coefficient (Wildman–Crippen LogP) is 3.22. The largest absolute Gasteiger partial charge is 0.377 e. The van der Waals surface area contributed by atoms with Crippen molar-refractivity contribution < 1.29 is 4.74 Å². The number of ether oxygens (including phenoxy) is 1. The second-order valence-corrected chi connectivity index (χ2v) is 5.64. The van der Waals surface area contributed by atoms with Gasteiger partial charge in [-0.25, -0.2) is 0 Å². The number of rotatable bonds is 6. The average Bonchev–Trinajstić information content (AvgIpc) is 2.24. The van der Waals surface area contributed by atoms with E-state index in [0.29, 0.717) is 18.1 Å². The molecule has 0 bridgehead atoms. The molecule has 1 aliphatic rings. The highest BCUT2D eigenvalue weighted by Crippen LogP contribution is 2.25. The minimum atomic E-state index is 0.516. The van der Waals surface area contributed by atoms with Gasteiger partial charge in [0.1, 0.15) is 0 Å². The van der Waals surface area contributed by atoms with Crippen LogP contribution in [0.3, 0.4) is 0 Å². The zero-order valence-electron chi connectivity index (χ0n) is 11.5. The first kappa shape index (κ1) is 14.0. The maximum absolute atomic E-state index is 6.07. The molecule has 0 amide bonds. The molecule has 1 saturated carbocycles. The van der Waals surface area contributed by atoms with E-state index in [1.165, 1.54) is 25.7 Å². The van der Waals surface area contributed by atoms with Gasteiger partial charge in [-0.15, -0.1) is 0 Å². The van der Waals surface area contributed by atoms with Crippen LogP contribution in [0.5, 0.6) is 0 Å². The summed E-state index contributed by atoms with van der Waals surface area (Å²) in [6.07, 6.45) is 5.78. The van der Waals surface area contributed by atoms with Crippen LogP contribution in [0, 0.1) is 11.8 Å². The zero-order valence-corrected chi connectivity index (χ0v) is 11.5. The Hall–Kier alpha value is -0.0800. The molecule has 0 saturated heterocycles. The van der Waals surface area contributed by atoms with Gasteiger partial charge in [0, 0.05) is 6.04 Å². The Labute approximate surface area is 101 Å². The van der Waals surface area contributed by atoms with Gasteiger partial charge in [0.2, 0.25) is 0 Å². The molecule has 3 unspecified atom stereocenters. The monoisotopic (exact) mass is 227 g/mol. The molecule has 1 N–H and O–H groups in total. The van der Waals surface area contributed by atoms with E-state index in [2.05, 4.69) is 33.0 Å². The highest BCUT2D eigenvalue weighted by molar-refractivity contribution is 4.74. The van der Waals surface area contributed by atoms with Gasteiger partial charge in [0.15, 0.2) is 0 Å². The molecule has 96 valence electrons. The molecule has 1 rings (SSSR count). The third-order valence-electron chi connectivity index (χ3n) is 3.67. The van der Waals surface area contributed by atoms with E-state index in [-0.39, 0.29) is 0 Å². The first-order valence-electron chi connectivity index (χ1n) is 6.98. The molecule has 0 spiro atoms. The maximum atomic E-state index is 6.07. The topological polar surface area (TPSA) is 21.3 Å². The smallest absolute Gasteiger partial charge is 0.0625 e. The molecular formula is C14H29NO. The van der Waals surface area contributed by atoms with Crippen molar-refractivity contribution >= 4 is 0 Å². The molecule has 2 nitrogen and oxygen atoms in total. The maximum Gasteiger partial charge on any atom is 0.0625 e. The lowest BCUT2D eigenvalue weighted by molar-refractivity contribution is -0.00128. The van der Waals surface area contributed by atoms with Crippen LogP contribution in [0.1, 0.15) is 53.4 Å². The van der Waals surface area contributed by atoms with Gasteiger partial charge in [-0.3, -0.25) is 0 Å². The summed E-state index contributed by atoms with van der Waals surface area (Å²) in [5, 5.41) is 3.51. The molecule has 1 fully saturated rings. The van der Waals surface area contributed by atoms with Crippen LogP contribution in [0.15, 0.2) is 0 Å². The van der Waals surface area contributed by atoms with Gasteiger partial charge in [-0.2, -0.15) is 0 Å². The van der Waals surface area contributed by atoms with Crippen molar-refractivity contribution in [1.29, 1.82) is 0 Å². The molecule has 3 atom stereocenters. The molecule has 0 heterocycles. The van der Waals surface area contributed by atoms with Crippen LogP contribution in [0.2, 0.25) is 0 Å². The zero-order chi connectivity index (χ0) is 12.0. The Balaban J connectivity index is 2.25. The highest BCUT2D eigenvalue weighted by atomic mass is 16.5. The minimum Gasteiger partial charge on any atom is -0.377 e. The summed E-state index contributed by atoms with van der Waals surface area (Å²) in [5.74, 6) is 1.51. The van der Waals surface area contributed by atoms with Crippen LogP contribution in [0.4, 0.5) is 0 Å². The SMILES string of the molecule is CCNC(COC1CCCC(C)C1)C(C)C. The predicted molar refractivity (Wildman–Crippen MR) is 69.7 cm³/mol. The van der Waals surface area contributed by atoms with Crippen molar-refractivity contribution in [3.63, 3.8) is 0 Å². The fourth-order valence-corrected chi connectivity index (χ4v) is 2.52. The van der Waals surface area contributed by atoms with Crippen LogP contribution < -0.4 is 5.32 Å². The molecule has 0 aromatic heterocycles. The summed E-state index contributed by atoms with van der Waals surface area (Å²) in [6.45, 7) is 11.0. The second kappa shape index (κ2) is 7.29. The fraction of sp³-hybridized carbons (Fsp3) is 1.00.